The lowest BCUT2D eigenvalue weighted by Gasteiger charge is -2.30. The highest BCUT2D eigenvalue weighted by Gasteiger charge is 2.31. The monoisotopic (exact) mass is 527 g/mol. The molecule has 1 atom stereocenters. The number of rotatable bonds is 8. The quantitative estimate of drug-likeness (QED) is 0.169. The molecule has 0 aliphatic carbocycles. The van der Waals surface area contributed by atoms with Crippen molar-refractivity contribution in [3.8, 4) is 11.5 Å². The van der Waals surface area contributed by atoms with Crippen LogP contribution in [0.3, 0.4) is 0 Å². The Hall–Kier alpha value is -5.25. The second-order valence-electron chi connectivity index (χ2n) is 8.46. The van der Waals surface area contributed by atoms with Crippen LogP contribution in [-0.4, -0.2) is 23.7 Å². The summed E-state index contributed by atoms with van der Waals surface area (Å²) >= 11 is 0. The van der Waals surface area contributed by atoms with Crippen LogP contribution < -0.4 is 14.9 Å². The van der Waals surface area contributed by atoms with E-state index in [1.807, 2.05) is 55.5 Å². The Morgan fingerprint density at radius 1 is 1.08 bits per heavy atom. The first kappa shape index (κ1) is 25.4. The van der Waals surface area contributed by atoms with Crippen LogP contribution in [0.2, 0.25) is 0 Å². The fourth-order valence-corrected chi connectivity index (χ4v) is 4.29. The summed E-state index contributed by atoms with van der Waals surface area (Å²) in [5.41, 5.74) is 5.28. The van der Waals surface area contributed by atoms with Crippen LogP contribution in [0, 0.1) is 15.9 Å². The number of amides is 1. The summed E-state index contributed by atoms with van der Waals surface area (Å²) in [5, 5.41) is 15.0. The summed E-state index contributed by atoms with van der Waals surface area (Å²) in [5.74, 6) is -0.566. The molecule has 0 fully saturated rings. The van der Waals surface area contributed by atoms with Crippen LogP contribution in [0.1, 0.15) is 40.1 Å². The van der Waals surface area contributed by atoms with Gasteiger partial charge in [0.1, 0.15) is 28.0 Å². The Kier molecular flexibility index (Phi) is 7.17. The van der Waals surface area contributed by atoms with Crippen LogP contribution in [-0.2, 0) is 0 Å². The third-order valence-electron chi connectivity index (χ3n) is 6.01. The molecule has 1 aliphatic heterocycles. The Morgan fingerprint density at radius 2 is 1.82 bits per heavy atom. The average molecular weight is 528 g/mol. The number of nitrogens with zero attached hydrogens (tertiary/aromatic N) is 2. The van der Waals surface area contributed by atoms with Crippen molar-refractivity contribution < 1.29 is 28.0 Å². The summed E-state index contributed by atoms with van der Waals surface area (Å²) in [6.45, 7) is 2.42. The first-order valence-electron chi connectivity index (χ1n) is 12.0. The molecule has 1 aliphatic rings. The fourth-order valence-electron chi connectivity index (χ4n) is 4.29. The van der Waals surface area contributed by atoms with Gasteiger partial charge in [-0.05, 0) is 61.0 Å². The molecule has 9 nitrogen and oxygen atoms in total. The Labute approximate surface area is 222 Å². The third-order valence-corrected chi connectivity index (χ3v) is 6.01. The molecule has 0 radical (unpaired) electrons. The number of fused-ring (bicyclic) bond motifs is 1. The SMILES string of the molecule is CCOc1ccc(C2=C(C=NNC(=O)c3ccc([N+](=O)[O-])o3)C(c3ccc(F)cc3)c3ccccc3O2)cc1. The normalized spacial score (nSPS) is 14.6. The van der Waals surface area contributed by atoms with E-state index in [0.29, 0.717) is 29.4 Å². The number of ether oxygens (including phenoxy) is 2. The zero-order valence-electron chi connectivity index (χ0n) is 20.7. The van der Waals surface area contributed by atoms with Crippen LogP contribution >= 0.6 is 0 Å². The molecular formula is C29H22FN3O6. The van der Waals surface area contributed by atoms with E-state index in [1.165, 1.54) is 24.4 Å². The molecule has 0 saturated heterocycles. The summed E-state index contributed by atoms with van der Waals surface area (Å²) < 4.78 is 30.7. The van der Waals surface area contributed by atoms with Crippen molar-refractivity contribution in [1.82, 2.24) is 5.43 Å². The summed E-state index contributed by atoms with van der Waals surface area (Å²) in [6.07, 6.45) is 1.45. The number of nitro groups is 1. The van der Waals surface area contributed by atoms with Gasteiger partial charge in [0.2, 0.25) is 5.76 Å². The molecule has 0 saturated carbocycles. The number of carbonyl (C=O) groups is 1. The predicted octanol–water partition coefficient (Wildman–Crippen LogP) is 6.08. The molecular weight excluding hydrogens is 505 g/mol. The van der Waals surface area contributed by atoms with Crippen LogP contribution in [0.5, 0.6) is 11.5 Å². The number of para-hydroxylation sites is 1. The van der Waals surface area contributed by atoms with Gasteiger partial charge in [0.05, 0.1) is 18.9 Å². The van der Waals surface area contributed by atoms with Crippen molar-refractivity contribution in [3.05, 3.63) is 129 Å². The number of nitrogens with one attached hydrogen (secondary N) is 1. The smallest absolute Gasteiger partial charge is 0.433 e. The van der Waals surface area contributed by atoms with Gasteiger partial charge in [0.25, 0.3) is 0 Å². The fraction of sp³-hybridized carbons (Fsp3) is 0.103. The average Bonchev–Trinajstić information content (AvgIpc) is 3.45. The molecule has 4 aromatic rings. The number of benzene rings is 3. The van der Waals surface area contributed by atoms with Gasteiger partial charge in [0.15, 0.2) is 0 Å². The number of hydrogen-bond donors (Lipinski definition) is 1. The Morgan fingerprint density at radius 3 is 2.51 bits per heavy atom. The lowest BCUT2D eigenvalue weighted by Crippen LogP contribution is -2.20. The summed E-state index contributed by atoms with van der Waals surface area (Å²) in [6, 6.07) is 23.2. The molecule has 2 heterocycles. The second kappa shape index (κ2) is 11.0. The van der Waals surface area contributed by atoms with Crippen molar-refractivity contribution in [2.75, 3.05) is 6.61 Å². The lowest BCUT2D eigenvalue weighted by molar-refractivity contribution is -0.402. The summed E-state index contributed by atoms with van der Waals surface area (Å²) in [4.78, 5) is 22.7. The van der Waals surface area contributed by atoms with Gasteiger partial charge in [-0.15, -0.1) is 0 Å². The van der Waals surface area contributed by atoms with E-state index in [-0.39, 0.29) is 11.6 Å². The molecule has 1 N–H and O–H groups in total. The first-order chi connectivity index (χ1) is 18.9. The van der Waals surface area contributed by atoms with E-state index in [9.17, 15) is 19.3 Å². The van der Waals surface area contributed by atoms with Gasteiger partial charge < -0.3 is 13.9 Å². The second-order valence-corrected chi connectivity index (χ2v) is 8.46. The molecule has 3 aromatic carbocycles. The molecule has 1 unspecified atom stereocenters. The summed E-state index contributed by atoms with van der Waals surface area (Å²) in [7, 11) is 0. The number of allylic oxidation sites excluding steroid dienone is 1. The number of hydrogen-bond acceptors (Lipinski definition) is 7. The minimum absolute atomic E-state index is 0.264. The van der Waals surface area contributed by atoms with E-state index in [4.69, 9.17) is 13.9 Å². The van der Waals surface area contributed by atoms with Gasteiger partial charge in [0, 0.05) is 22.6 Å². The van der Waals surface area contributed by atoms with Gasteiger partial charge in [-0.1, -0.05) is 30.3 Å². The van der Waals surface area contributed by atoms with Crippen molar-refractivity contribution in [2.45, 2.75) is 12.8 Å². The number of halogens is 1. The molecule has 0 spiro atoms. The highest BCUT2D eigenvalue weighted by molar-refractivity contribution is 5.96. The molecule has 0 bridgehead atoms. The van der Waals surface area contributed by atoms with Gasteiger partial charge in [-0.3, -0.25) is 14.9 Å². The molecule has 1 aromatic heterocycles. The maximum atomic E-state index is 13.8. The minimum Gasteiger partial charge on any atom is -0.494 e. The number of hydrazone groups is 1. The topological polar surface area (TPSA) is 116 Å². The Balaban J connectivity index is 1.57. The predicted molar refractivity (Wildman–Crippen MR) is 141 cm³/mol. The minimum atomic E-state index is -0.766. The zero-order chi connectivity index (χ0) is 27.4. The van der Waals surface area contributed by atoms with Crippen LogP contribution in [0.4, 0.5) is 10.3 Å². The largest absolute Gasteiger partial charge is 0.494 e. The zero-order valence-corrected chi connectivity index (χ0v) is 20.7. The van der Waals surface area contributed by atoms with E-state index < -0.39 is 22.6 Å². The van der Waals surface area contributed by atoms with Crippen molar-refractivity contribution in [1.29, 1.82) is 0 Å². The standard InChI is InChI=1S/C29H22FN3O6/c1-2-37-21-13-9-19(10-14-21)28-23(17-31-32-29(34)25-15-16-26(38-25)33(35)36)27(18-7-11-20(30)12-8-18)22-5-3-4-6-24(22)39-28/h3-17,27H,2H2,1H3,(H,32,34). The van der Waals surface area contributed by atoms with Gasteiger partial charge in [-0.25, -0.2) is 9.82 Å². The van der Waals surface area contributed by atoms with E-state index in [1.54, 1.807) is 12.1 Å². The van der Waals surface area contributed by atoms with Crippen molar-refractivity contribution in [3.63, 3.8) is 0 Å². The molecule has 10 heteroatoms. The maximum Gasteiger partial charge on any atom is 0.433 e. The van der Waals surface area contributed by atoms with Crippen LogP contribution in [0.15, 0.2) is 100 Å². The highest BCUT2D eigenvalue weighted by Crippen LogP contribution is 2.45. The Bertz CT molecular complexity index is 1580. The maximum absolute atomic E-state index is 13.8. The first-order valence-corrected chi connectivity index (χ1v) is 12.0. The molecule has 1 amide bonds. The van der Waals surface area contributed by atoms with Gasteiger partial charge in [-0.2, -0.15) is 5.10 Å². The van der Waals surface area contributed by atoms with Gasteiger partial charge >= 0.3 is 11.8 Å². The highest BCUT2D eigenvalue weighted by atomic mass is 19.1. The van der Waals surface area contributed by atoms with E-state index in [2.05, 4.69) is 10.5 Å². The van der Waals surface area contributed by atoms with E-state index >= 15 is 0 Å². The molecule has 5 rings (SSSR count). The van der Waals surface area contributed by atoms with Crippen LogP contribution in [0.25, 0.3) is 5.76 Å². The third kappa shape index (κ3) is 5.40. The lowest BCUT2D eigenvalue weighted by atomic mass is 9.81. The van der Waals surface area contributed by atoms with Crippen molar-refractivity contribution >= 4 is 23.8 Å². The number of furan rings is 1. The molecule has 196 valence electrons. The number of carbonyl (C=O) groups excluding carboxylic acids is 1. The van der Waals surface area contributed by atoms with E-state index in [0.717, 1.165) is 22.8 Å². The van der Waals surface area contributed by atoms with Crippen molar-refractivity contribution in [2.24, 2.45) is 5.10 Å². The molecule has 39 heavy (non-hydrogen) atoms.